The van der Waals surface area contributed by atoms with E-state index >= 15 is 0 Å². The molecule has 0 atom stereocenters. The van der Waals surface area contributed by atoms with Crippen LogP contribution in [-0.4, -0.2) is 13.0 Å². The van der Waals surface area contributed by atoms with Crippen molar-refractivity contribution in [3.05, 3.63) is 65.2 Å². The third kappa shape index (κ3) is 4.61. The first-order chi connectivity index (χ1) is 11.8. The Labute approximate surface area is 142 Å². The Kier molecular flexibility index (Phi) is 5.45. The molecule has 1 N–H and O–H groups in total. The number of halogens is 3. The zero-order chi connectivity index (χ0) is 18.4. The maximum absolute atomic E-state index is 13.0. The van der Waals surface area contributed by atoms with E-state index in [1.54, 1.807) is 30.3 Å². The SMILES string of the molecule is COc1cccc(/C=C(\C#N)C(=O)Nc2ccccc2C(F)(F)F)c1. The molecule has 4 nitrogen and oxygen atoms in total. The van der Waals surface area contributed by atoms with Gasteiger partial charge in [-0.05, 0) is 35.9 Å². The number of hydrogen-bond donors (Lipinski definition) is 1. The van der Waals surface area contributed by atoms with E-state index in [1.165, 1.54) is 25.3 Å². The highest BCUT2D eigenvalue weighted by atomic mass is 19.4. The van der Waals surface area contributed by atoms with Gasteiger partial charge in [-0.25, -0.2) is 0 Å². The van der Waals surface area contributed by atoms with Crippen LogP contribution in [0.15, 0.2) is 54.1 Å². The van der Waals surface area contributed by atoms with Gasteiger partial charge in [0, 0.05) is 0 Å². The smallest absolute Gasteiger partial charge is 0.418 e. The molecule has 0 heterocycles. The highest BCUT2D eigenvalue weighted by Gasteiger charge is 2.33. The minimum atomic E-state index is -4.62. The Morgan fingerprint density at radius 1 is 1.20 bits per heavy atom. The number of benzene rings is 2. The number of para-hydroxylation sites is 1. The number of nitrogens with one attached hydrogen (secondary N) is 1. The number of alkyl halides is 3. The molecule has 0 saturated carbocycles. The van der Waals surface area contributed by atoms with E-state index < -0.39 is 23.3 Å². The summed E-state index contributed by atoms with van der Waals surface area (Å²) in [5.74, 6) is -0.407. The Balaban J connectivity index is 2.30. The lowest BCUT2D eigenvalue weighted by Crippen LogP contribution is -2.17. The van der Waals surface area contributed by atoms with E-state index in [0.29, 0.717) is 11.3 Å². The van der Waals surface area contributed by atoms with E-state index in [1.807, 2.05) is 0 Å². The van der Waals surface area contributed by atoms with Crippen molar-refractivity contribution < 1.29 is 22.7 Å². The van der Waals surface area contributed by atoms with Gasteiger partial charge in [0.25, 0.3) is 5.91 Å². The Hall–Kier alpha value is -3.27. The van der Waals surface area contributed by atoms with E-state index in [0.717, 1.165) is 12.1 Å². The van der Waals surface area contributed by atoms with Gasteiger partial charge < -0.3 is 10.1 Å². The number of carbonyl (C=O) groups is 1. The van der Waals surface area contributed by atoms with Crippen LogP contribution >= 0.6 is 0 Å². The molecule has 2 aromatic rings. The van der Waals surface area contributed by atoms with Gasteiger partial charge >= 0.3 is 6.18 Å². The van der Waals surface area contributed by atoms with Crippen molar-refractivity contribution >= 4 is 17.7 Å². The number of carbonyl (C=O) groups excluding carboxylic acids is 1. The lowest BCUT2D eigenvalue weighted by Gasteiger charge is -2.13. The van der Waals surface area contributed by atoms with Crippen LogP contribution in [0.3, 0.4) is 0 Å². The first-order valence-electron chi connectivity index (χ1n) is 7.08. The zero-order valence-electron chi connectivity index (χ0n) is 13.1. The number of anilines is 1. The summed E-state index contributed by atoms with van der Waals surface area (Å²) in [5, 5.41) is 11.3. The summed E-state index contributed by atoms with van der Waals surface area (Å²) in [6.45, 7) is 0. The molecular formula is C18H13F3N2O2. The van der Waals surface area contributed by atoms with Gasteiger partial charge in [0.2, 0.25) is 0 Å². The fourth-order valence-corrected chi connectivity index (χ4v) is 2.08. The fourth-order valence-electron chi connectivity index (χ4n) is 2.08. The molecule has 0 aromatic heterocycles. The van der Waals surface area contributed by atoms with E-state index in [4.69, 9.17) is 10.00 Å². The van der Waals surface area contributed by atoms with Gasteiger partial charge in [-0.3, -0.25) is 4.79 Å². The minimum Gasteiger partial charge on any atom is -0.497 e. The van der Waals surface area contributed by atoms with Crippen molar-refractivity contribution in [1.29, 1.82) is 5.26 Å². The minimum absolute atomic E-state index is 0.328. The summed E-state index contributed by atoms with van der Waals surface area (Å²) >= 11 is 0. The quantitative estimate of drug-likeness (QED) is 0.665. The first-order valence-corrected chi connectivity index (χ1v) is 7.08. The molecule has 0 aliphatic heterocycles. The average molecular weight is 346 g/mol. The summed E-state index contributed by atoms with van der Waals surface area (Å²) in [6.07, 6.45) is -3.35. The van der Waals surface area contributed by atoms with Crippen molar-refractivity contribution in [3.63, 3.8) is 0 Å². The third-order valence-corrected chi connectivity index (χ3v) is 3.25. The molecule has 7 heteroatoms. The summed E-state index contributed by atoms with van der Waals surface area (Å²) in [4.78, 5) is 12.2. The molecule has 1 amide bonds. The third-order valence-electron chi connectivity index (χ3n) is 3.25. The van der Waals surface area contributed by atoms with Crippen molar-refractivity contribution in [2.24, 2.45) is 0 Å². The number of nitriles is 1. The second-order valence-electron chi connectivity index (χ2n) is 4.94. The van der Waals surface area contributed by atoms with Crippen LogP contribution in [0, 0.1) is 11.3 Å². The van der Waals surface area contributed by atoms with Crippen LogP contribution < -0.4 is 10.1 Å². The second kappa shape index (κ2) is 7.53. The summed E-state index contributed by atoms with van der Waals surface area (Å²) in [7, 11) is 1.47. The molecule has 0 aliphatic carbocycles. The molecular weight excluding hydrogens is 333 g/mol. The molecule has 2 aromatic carbocycles. The molecule has 0 fully saturated rings. The number of methoxy groups -OCH3 is 1. The van der Waals surface area contributed by atoms with Crippen molar-refractivity contribution in [2.75, 3.05) is 12.4 Å². The molecule has 0 spiro atoms. The lowest BCUT2D eigenvalue weighted by atomic mass is 10.1. The largest absolute Gasteiger partial charge is 0.497 e. The predicted molar refractivity (Wildman–Crippen MR) is 86.7 cm³/mol. The summed E-state index contributed by atoms with van der Waals surface area (Å²) < 4.78 is 43.9. The maximum Gasteiger partial charge on any atom is 0.418 e. The van der Waals surface area contributed by atoms with Crippen molar-refractivity contribution in [3.8, 4) is 11.8 Å². The predicted octanol–water partition coefficient (Wildman–Crippen LogP) is 4.26. The van der Waals surface area contributed by atoms with Gasteiger partial charge in [0.05, 0.1) is 18.4 Å². The van der Waals surface area contributed by atoms with Crippen LogP contribution in [0.25, 0.3) is 6.08 Å². The molecule has 0 saturated heterocycles. The standard InChI is InChI=1S/C18H13F3N2O2/c1-25-14-6-4-5-12(10-14)9-13(11-22)17(24)23-16-8-3-2-7-15(16)18(19,20)21/h2-10H,1H3,(H,23,24)/b13-9+. The number of hydrogen-bond acceptors (Lipinski definition) is 3. The monoisotopic (exact) mass is 346 g/mol. The first kappa shape index (κ1) is 18.1. The number of ether oxygens (including phenoxy) is 1. The Morgan fingerprint density at radius 2 is 1.92 bits per heavy atom. The number of amides is 1. The molecule has 25 heavy (non-hydrogen) atoms. The van der Waals surface area contributed by atoms with Gasteiger partial charge in [0.1, 0.15) is 17.4 Å². The van der Waals surface area contributed by atoms with Crippen molar-refractivity contribution in [1.82, 2.24) is 0 Å². The maximum atomic E-state index is 13.0. The normalized spacial score (nSPS) is 11.6. The Morgan fingerprint density at radius 3 is 2.56 bits per heavy atom. The zero-order valence-corrected chi connectivity index (χ0v) is 13.1. The topological polar surface area (TPSA) is 62.1 Å². The van der Waals surface area contributed by atoms with Gasteiger partial charge in [0.15, 0.2) is 0 Å². The number of nitrogens with zero attached hydrogens (tertiary/aromatic N) is 1. The summed E-state index contributed by atoms with van der Waals surface area (Å²) in [5.41, 5.74) is -1.21. The second-order valence-corrected chi connectivity index (χ2v) is 4.94. The van der Waals surface area contributed by atoms with Crippen LogP contribution in [-0.2, 0) is 11.0 Å². The van der Waals surface area contributed by atoms with Crippen LogP contribution in [0.5, 0.6) is 5.75 Å². The highest BCUT2D eigenvalue weighted by molar-refractivity contribution is 6.10. The summed E-state index contributed by atoms with van der Waals surface area (Å²) in [6, 6.07) is 12.8. The molecule has 128 valence electrons. The molecule has 0 bridgehead atoms. The molecule has 0 aliphatic rings. The van der Waals surface area contributed by atoms with Gasteiger partial charge in [-0.2, -0.15) is 18.4 Å². The van der Waals surface area contributed by atoms with Crippen LogP contribution in [0.2, 0.25) is 0 Å². The van der Waals surface area contributed by atoms with Gasteiger partial charge in [-0.1, -0.05) is 24.3 Å². The average Bonchev–Trinajstić information content (AvgIpc) is 2.59. The Bertz CT molecular complexity index is 852. The lowest BCUT2D eigenvalue weighted by molar-refractivity contribution is -0.137. The fraction of sp³-hybridized carbons (Fsp3) is 0.111. The van der Waals surface area contributed by atoms with Crippen LogP contribution in [0.1, 0.15) is 11.1 Å². The number of rotatable bonds is 4. The van der Waals surface area contributed by atoms with E-state index in [-0.39, 0.29) is 5.57 Å². The van der Waals surface area contributed by atoms with E-state index in [9.17, 15) is 18.0 Å². The van der Waals surface area contributed by atoms with E-state index in [2.05, 4.69) is 5.32 Å². The van der Waals surface area contributed by atoms with Crippen LogP contribution in [0.4, 0.5) is 18.9 Å². The highest BCUT2D eigenvalue weighted by Crippen LogP contribution is 2.34. The van der Waals surface area contributed by atoms with Crippen molar-refractivity contribution in [2.45, 2.75) is 6.18 Å². The molecule has 2 rings (SSSR count). The molecule has 0 radical (unpaired) electrons. The van der Waals surface area contributed by atoms with Gasteiger partial charge in [-0.15, -0.1) is 0 Å². The molecule has 0 unspecified atom stereocenters.